The van der Waals surface area contributed by atoms with Crippen LogP contribution >= 0.6 is 0 Å². The van der Waals surface area contributed by atoms with Gasteiger partial charge in [-0.05, 0) is 32.1 Å². The number of rotatable bonds is 10. The van der Waals surface area contributed by atoms with Crippen molar-refractivity contribution in [2.24, 2.45) is 5.92 Å². The van der Waals surface area contributed by atoms with Crippen LogP contribution in [0.1, 0.15) is 84.5 Å². The summed E-state index contributed by atoms with van der Waals surface area (Å²) in [4.78, 5) is 1.91. The molecular weight excluding hydrogens is 367 g/mol. The van der Waals surface area contributed by atoms with Gasteiger partial charge in [-0.25, -0.2) is 8.42 Å². The maximum Gasteiger partial charge on any atom is 0.485 e. The summed E-state index contributed by atoms with van der Waals surface area (Å²) in [5.41, 5.74) is -5.65. The Kier molecular flexibility index (Phi) is 13.6. The van der Waals surface area contributed by atoms with Gasteiger partial charge in [0.05, 0.1) is 19.6 Å². The molecule has 1 N–H and O–H groups in total. The summed E-state index contributed by atoms with van der Waals surface area (Å²) in [5.74, 6) is 1.04. The van der Waals surface area contributed by atoms with Crippen LogP contribution in [0.4, 0.5) is 13.2 Å². The van der Waals surface area contributed by atoms with E-state index in [1.807, 2.05) is 4.90 Å². The van der Waals surface area contributed by atoms with E-state index in [0.29, 0.717) is 0 Å². The van der Waals surface area contributed by atoms with Crippen molar-refractivity contribution >= 4 is 10.1 Å². The normalized spacial score (nSPS) is 21.2. The van der Waals surface area contributed by atoms with Crippen LogP contribution < -0.4 is 4.90 Å². The van der Waals surface area contributed by atoms with Crippen LogP contribution in [0.25, 0.3) is 0 Å². The smallest absolute Gasteiger partial charge is 0.485 e. The first kappa shape index (κ1) is 25.7. The molecule has 1 heterocycles. The number of alkyl halides is 3. The molecule has 1 aliphatic heterocycles. The fourth-order valence-corrected chi connectivity index (χ4v) is 3.47. The van der Waals surface area contributed by atoms with Gasteiger partial charge < -0.3 is 9.45 Å². The average Bonchev–Trinajstić information content (AvgIpc) is 2.53. The van der Waals surface area contributed by atoms with Crippen LogP contribution in [0.2, 0.25) is 0 Å². The zero-order chi connectivity index (χ0) is 20.1. The van der Waals surface area contributed by atoms with E-state index in [-0.39, 0.29) is 0 Å². The number of likely N-dealkylation sites (tertiary alicyclic amines) is 1. The second-order valence-electron chi connectivity index (χ2n) is 7.27. The third-order valence-electron chi connectivity index (χ3n) is 4.83. The minimum atomic E-state index is -6.09. The van der Waals surface area contributed by atoms with Crippen LogP contribution in [0.5, 0.6) is 0 Å². The van der Waals surface area contributed by atoms with Gasteiger partial charge in [0.2, 0.25) is 0 Å². The molecule has 8 heteroatoms. The molecule has 2 unspecified atom stereocenters. The summed E-state index contributed by atoms with van der Waals surface area (Å²) in [6.45, 7) is 9.02. The Morgan fingerprint density at radius 2 is 1.54 bits per heavy atom. The summed E-state index contributed by atoms with van der Waals surface area (Å²) in [5, 5.41) is 0. The molecule has 2 atom stereocenters. The van der Waals surface area contributed by atoms with Crippen molar-refractivity contribution in [2.75, 3.05) is 19.6 Å². The van der Waals surface area contributed by atoms with E-state index < -0.39 is 15.6 Å². The summed E-state index contributed by atoms with van der Waals surface area (Å²) in [7, 11) is -6.09. The second-order valence-corrected chi connectivity index (χ2v) is 8.64. The van der Waals surface area contributed by atoms with Gasteiger partial charge in [-0.3, -0.25) is 0 Å². The first-order chi connectivity index (χ1) is 12.1. The van der Waals surface area contributed by atoms with E-state index in [1.165, 1.54) is 90.3 Å². The Hall–Kier alpha value is -0.340. The van der Waals surface area contributed by atoms with Gasteiger partial charge in [-0.1, -0.05) is 52.4 Å². The number of quaternary nitrogens is 1. The van der Waals surface area contributed by atoms with Crippen LogP contribution in [-0.2, 0) is 10.1 Å². The van der Waals surface area contributed by atoms with Crippen LogP contribution in [0.3, 0.4) is 0 Å². The molecular formula is C18H36F3NO3S. The van der Waals surface area contributed by atoms with Gasteiger partial charge >= 0.3 is 5.51 Å². The van der Waals surface area contributed by atoms with E-state index in [4.69, 9.17) is 13.0 Å². The molecule has 1 fully saturated rings. The molecule has 1 saturated heterocycles. The Morgan fingerprint density at radius 3 is 2.04 bits per heavy atom. The summed E-state index contributed by atoms with van der Waals surface area (Å²) in [6.07, 6.45) is 16.0. The third-order valence-corrected chi connectivity index (χ3v) is 5.40. The maximum atomic E-state index is 10.7. The Balaban J connectivity index is 0.000000660. The van der Waals surface area contributed by atoms with Crippen molar-refractivity contribution in [2.45, 2.75) is 90.0 Å². The van der Waals surface area contributed by atoms with Crippen molar-refractivity contribution in [3.05, 3.63) is 0 Å². The van der Waals surface area contributed by atoms with E-state index in [1.54, 1.807) is 0 Å². The number of nitrogens with one attached hydrogen (secondary N) is 1. The monoisotopic (exact) mass is 403 g/mol. The molecule has 4 nitrogen and oxygen atoms in total. The van der Waals surface area contributed by atoms with Gasteiger partial charge in [0.25, 0.3) is 0 Å². The number of halogens is 3. The highest BCUT2D eigenvalue weighted by Gasteiger charge is 2.36. The van der Waals surface area contributed by atoms with Crippen LogP contribution in [0, 0.1) is 5.92 Å². The summed E-state index contributed by atoms with van der Waals surface area (Å²) >= 11 is 0. The topological polar surface area (TPSA) is 61.6 Å². The molecule has 0 aliphatic carbocycles. The summed E-state index contributed by atoms with van der Waals surface area (Å²) in [6, 6.07) is 0. The minimum absolute atomic E-state index is 1.04. The lowest BCUT2D eigenvalue weighted by Gasteiger charge is -2.29. The van der Waals surface area contributed by atoms with E-state index in [9.17, 15) is 13.2 Å². The SMILES string of the molecule is CCCCCCCCC[NH+]1CCCC(CCC)C1.O=S(=O)([O-])C(F)(F)F. The molecule has 1 rings (SSSR count). The Bertz CT molecular complexity index is 439. The highest BCUT2D eigenvalue weighted by atomic mass is 32.2. The molecule has 0 aromatic carbocycles. The van der Waals surface area contributed by atoms with Crippen molar-refractivity contribution in [1.82, 2.24) is 0 Å². The molecule has 0 saturated carbocycles. The third kappa shape index (κ3) is 12.9. The van der Waals surface area contributed by atoms with Crippen LogP contribution in [-0.4, -0.2) is 38.1 Å². The molecule has 158 valence electrons. The highest BCUT2D eigenvalue weighted by molar-refractivity contribution is 7.86. The Morgan fingerprint density at radius 1 is 1.00 bits per heavy atom. The summed E-state index contributed by atoms with van der Waals surface area (Å²) < 4.78 is 58.9. The van der Waals surface area contributed by atoms with Crippen molar-refractivity contribution in [3.8, 4) is 0 Å². The first-order valence-electron chi connectivity index (χ1n) is 9.97. The first-order valence-corrected chi connectivity index (χ1v) is 11.4. The van der Waals surface area contributed by atoms with Crippen molar-refractivity contribution < 1.29 is 31.0 Å². The van der Waals surface area contributed by atoms with Gasteiger partial charge in [-0.2, -0.15) is 13.2 Å². The molecule has 0 spiro atoms. The lowest BCUT2D eigenvalue weighted by atomic mass is 9.93. The quantitative estimate of drug-likeness (QED) is 0.342. The number of unbranched alkanes of at least 4 members (excludes halogenated alkanes) is 6. The fraction of sp³-hybridized carbons (Fsp3) is 1.00. The highest BCUT2D eigenvalue weighted by Crippen LogP contribution is 2.20. The van der Waals surface area contributed by atoms with Crippen molar-refractivity contribution in [3.63, 3.8) is 0 Å². The second kappa shape index (κ2) is 13.8. The van der Waals surface area contributed by atoms with Gasteiger partial charge in [0, 0.05) is 5.92 Å². The maximum absolute atomic E-state index is 10.7. The molecule has 26 heavy (non-hydrogen) atoms. The van der Waals surface area contributed by atoms with Gasteiger partial charge in [-0.15, -0.1) is 0 Å². The zero-order valence-electron chi connectivity index (χ0n) is 16.2. The number of hydrogen-bond acceptors (Lipinski definition) is 3. The van der Waals surface area contributed by atoms with Crippen molar-refractivity contribution in [1.29, 1.82) is 0 Å². The number of piperidine rings is 1. The van der Waals surface area contributed by atoms with E-state index >= 15 is 0 Å². The largest absolute Gasteiger partial charge is 0.741 e. The average molecular weight is 404 g/mol. The molecule has 0 aromatic rings. The lowest BCUT2D eigenvalue weighted by Crippen LogP contribution is -3.13. The zero-order valence-corrected chi connectivity index (χ0v) is 17.1. The fourth-order valence-electron chi connectivity index (χ4n) is 3.47. The molecule has 0 bridgehead atoms. The minimum Gasteiger partial charge on any atom is -0.741 e. The predicted molar refractivity (Wildman–Crippen MR) is 96.9 cm³/mol. The van der Waals surface area contributed by atoms with E-state index in [0.717, 1.165) is 5.92 Å². The molecule has 1 aliphatic rings. The lowest BCUT2D eigenvalue weighted by molar-refractivity contribution is -0.909. The molecule has 0 radical (unpaired) electrons. The van der Waals surface area contributed by atoms with Crippen LogP contribution in [0.15, 0.2) is 0 Å². The predicted octanol–water partition coefficient (Wildman–Crippen LogP) is 3.88. The number of hydrogen-bond donors (Lipinski definition) is 1. The Labute approximate surface area is 157 Å². The standard InChI is InChI=1S/C17H35N.CHF3O3S/c1-3-5-6-7-8-9-10-14-18-15-11-13-17(16-18)12-4-2;2-1(3,4)8(5,6)7/h17H,3-16H2,1-2H3;(H,5,6,7). The molecule has 0 aromatic heterocycles. The van der Waals surface area contributed by atoms with Gasteiger partial charge in [0.15, 0.2) is 10.1 Å². The van der Waals surface area contributed by atoms with Gasteiger partial charge in [0.1, 0.15) is 0 Å². The van der Waals surface area contributed by atoms with E-state index in [2.05, 4.69) is 13.8 Å². The molecule has 0 amide bonds.